The molecule has 0 radical (unpaired) electrons. The highest BCUT2D eigenvalue weighted by Gasteiger charge is 2.33. The van der Waals surface area contributed by atoms with Gasteiger partial charge < -0.3 is 14.6 Å². The van der Waals surface area contributed by atoms with Gasteiger partial charge in [-0.15, -0.1) is 13.2 Å². The predicted molar refractivity (Wildman–Crippen MR) is 135 cm³/mol. The van der Waals surface area contributed by atoms with E-state index in [0.717, 1.165) is 25.2 Å². The molecular weight excluding hydrogens is 610 g/mol. The lowest BCUT2D eigenvalue weighted by molar-refractivity contribution is -0.275. The number of aryl methyl sites for hydroxylation is 1. The molecule has 3 heterocycles. The quantitative estimate of drug-likeness (QED) is 0.223. The molecule has 0 aliphatic carbocycles. The number of rotatable bonds is 9. The molecule has 0 saturated heterocycles. The van der Waals surface area contributed by atoms with E-state index in [1.807, 2.05) is 6.07 Å². The third-order valence-electron chi connectivity index (χ3n) is 5.37. The number of aliphatic hydroxyl groups excluding tert-OH is 1. The first-order valence-electron chi connectivity index (χ1n) is 11.0. The van der Waals surface area contributed by atoms with Gasteiger partial charge in [0.2, 0.25) is 0 Å². The van der Waals surface area contributed by atoms with Crippen LogP contribution in [0.25, 0.3) is 11.2 Å². The summed E-state index contributed by atoms with van der Waals surface area (Å²) in [6, 6.07) is 8.51. The van der Waals surface area contributed by atoms with Crippen LogP contribution < -0.4 is 20.7 Å². The number of ether oxygens (including phenoxy) is 2. The number of hydrogen-bond donors (Lipinski definition) is 1. The molecule has 10 nitrogen and oxygen atoms in total. The molecule has 0 fully saturated rings. The number of nitrogens with zero attached hydrogens (tertiary/aromatic N) is 5. The molecule has 1 aromatic carbocycles. The van der Waals surface area contributed by atoms with Gasteiger partial charge in [0.1, 0.15) is 0 Å². The molecule has 0 saturated carbocycles. The topological polar surface area (TPSA) is 113 Å². The molecule has 4 rings (SSSR count). The minimum absolute atomic E-state index is 0.0102. The SMILES string of the molecule is Cn1c(=O)n(CCCO)c(=O)c2c1nc(Oc1ccccc1OC(F)(F)F)n2Cc1ccc(CI)cn1. The maximum atomic E-state index is 13.4. The Labute approximate surface area is 221 Å². The van der Waals surface area contributed by atoms with Gasteiger partial charge in [-0.25, -0.2) is 4.79 Å². The fraction of sp³-hybridized carbons (Fsp3) is 0.304. The van der Waals surface area contributed by atoms with Crippen molar-refractivity contribution in [1.82, 2.24) is 23.7 Å². The highest BCUT2D eigenvalue weighted by Crippen LogP contribution is 2.35. The normalized spacial score (nSPS) is 11.7. The van der Waals surface area contributed by atoms with E-state index in [1.54, 1.807) is 12.3 Å². The number of halogens is 4. The van der Waals surface area contributed by atoms with Gasteiger partial charge in [0.25, 0.3) is 5.56 Å². The summed E-state index contributed by atoms with van der Waals surface area (Å²) in [5.41, 5.74) is 0.119. The van der Waals surface area contributed by atoms with Gasteiger partial charge in [0, 0.05) is 30.8 Å². The molecule has 1 N–H and O–H groups in total. The average molecular weight is 631 g/mol. The zero-order valence-electron chi connectivity index (χ0n) is 19.4. The molecule has 196 valence electrons. The summed E-state index contributed by atoms with van der Waals surface area (Å²) in [7, 11) is 1.41. The van der Waals surface area contributed by atoms with E-state index in [2.05, 4.69) is 37.3 Å². The first kappa shape index (κ1) is 26.7. The molecule has 0 atom stereocenters. The van der Waals surface area contributed by atoms with E-state index in [4.69, 9.17) is 4.74 Å². The zero-order valence-corrected chi connectivity index (χ0v) is 21.6. The fourth-order valence-electron chi connectivity index (χ4n) is 3.63. The summed E-state index contributed by atoms with van der Waals surface area (Å²) in [6.07, 6.45) is -3.13. The summed E-state index contributed by atoms with van der Waals surface area (Å²) in [6.45, 7) is -0.294. The van der Waals surface area contributed by atoms with Crippen molar-refractivity contribution < 1.29 is 27.8 Å². The molecule has 0 aliphatic heterocycles. The second kappa shape index (κ2) is 10.9. The number of benzene rings is 1. The molecule has 14 heteroatoms. The smallest absolute Gasteiger partial charge is 0.421 e. The van der Waals surface area contributed by atoms with Gasteiger partial charge in [0.15, 0.2) is 22.7 Å². The lowest BCUT2D eigenvalue weighted by Crippen LogP contribution is -2.39. The van der Waals surface area contributed by atoms with Gasteiger partial charge >= 0.3 is 18.1 Å². The Hall–Kier alpha value is -3.40. The molecular formula is C23H21F3IN5O5. The first-order valence-corrected chi connectivity index (χ1v) is 12.5. The standard InChI is InChI=1S/C23H21F3IN5O5/c1-30-19-18(20(34)31(22(30)35)9-4-10-33)32(13-15-8-7-14(11-27)12-28-15)21(29-19)36-16-5-2-3-6-17(16)37-23(24,25)26/h2-3,5-8,12,33H,4,9-11,13H2,1H3. The van der Waals surface area contributed by atoms with Crippen LogP contribution in [-0.2, 0) is 24.6 Å². The van der Waals surface area contributed by atoms with Crippen LogP contribution in [0.2, 0.25) is 0 Å². The van der Waals surface area contributed by atoms with Crippen LogP contribution in [0.1, 0.15) is 17.7 Å². The predicted octanol–water partition coefficient (Wildman–Crippen LogP) is 3.35. The average Bonchev–Trinajstić information content (AvgIpc) is 3.21. The second-order valence-electron chi connectivity index (χ2n) is 7.92. The number of aromatic nitrogens is 5. The van der Waals surface area contributed by atoms with Gasteiger partial charge in [-0.2, -0.15) is 4.98 Å². The highest BCUT2D eigenvalue weighted by molar-refractivity contribution is 14.1. The lowest BCUT2D eigenvalue weighted by Gasteiger charge is -2.14. The van der Waals surface area contributed by atoms with E-state index < -0.39 is 23.4 Å². The van der Waals surface area contributed by atoms with Crippen LogP contribution in [0.5, 0.6) is 17.5 Å². The van der Waals surface area contributed by atoms with Crippen molar-refractivity contribution in [2.45, 2.75) is 30.3 Å². The van der Waals surface area contributed by atoms with Gasteiger partial charge in [-0.3, -0.25) is 23.5 Å². The zero-order chi connectivity index (χ0) is 26.7. The van der Waals surface area contributed by atoms with E-state index >= 15 is 0 Å². The molecule has 0 spiro atoms. The maximum absolute atomic E-state index is 13.4. The van der Waals surface area contributed by atoms with Crippen LogP contribution >= 0.6 is 22.6 Å². The van der Waals surface area contributed by atoms with Crippen molar-refractivity contribution in [2.75, 3.05) is 6.61 Å². The second-order valence-corrected chi connectivity index (χ2v) is 8.68. The van der Waals surface area contributed by atoms with Crippen molar-refractivity contribution in [3.05, 3.63) is 74.7 Å². The number of para-hydroxylation sites is 2. The van der Waals surface area contributed by atoms with Crippen molar-refractivity contribution in [3.8, 4) is 17.5 Å². The molecule has 0 bridgehead atoms. The Kier molecular flexibility index (Phi) is 7.87. The number of pyridine rings is 1. The third kappa shape index (κ3) is 5.79. The van der Waals surface area contributed by atoms with Crippen LogP contribution in [0.3, 0.4) is 0 Å². The molecule has 3 aromatic heterocycles. The Bertz CT molecular complexity index is 1530. The van der Waals surface area contributed by atoms with Crippen LogP contribution in [-0.4, -0.2) is 41.7 Å². The summed E-state index contributed by atoms with van der Waals surface area (Å²) < 4.78 is 52.9. The Morgan fingerprint density at radius 1 is 1.08 bits per heavy atom. The van der Waals surface area contributed by atoms with E-state index in [1.165, 1.54) is 29.8 Å². The molecule has 0 aliphatic rings. The maximum Gasteiger partial charge on any atom is 0.573 e. The van der Waals surface area contributed by atoms with E-state index in [0.29, 0.717) is 5.69 Å². The van der Waals surface area contributed by atoms with Crippen molar-refractivity contribution in [1.29, 1.82) is 0 Å². The monoisotopic (exact) mass is 631 g/mol. The molecule has 4 aromatic rings. The van der Waals surface area contributed by atoms with Gasteiger partial charge in [-0.1, -0.05) is 40.8 Å². The Balaban J connectivity index is 1.90. The Morgan fingerprint density at radius 2 is 1.81 bits per heavy atom. The number of aliphatic hydroxyl groups is 1. The molecule has 37 heavy (non-hydrogen) atoms. The number of hydrogen-bond acceptors (Lipinski definition) is 7. The minimum atomic E-state index is -4.96. The summed E-state index contributed by atoms with van der Waals surface area (Å²) >= 11 is 2.19. The highest BCUT2D eigenvalue weighted by atomic mass is 127. The first-order chi connectivity index (χ1) is 17.6. The summed E-state index contributed by atoms with van der Waals surface area (Å²) in [5, 5.41) is 9.20. The van der Waals surface area contributed by atoms with Crippen LogP contribution in [0.15, 0.2) is 52.2 Å². The summed E-state index contributed by atoms with van der Waals surface area (Å²) in [4.78, 5) is 34.9. The molecule has 0 unspecified atom stereocenters. The Morgan fingerprint density at radius 3 is 2.43 bits per heavy atom. The molecule has 0 amide bonds. The fourth-order valence-corrected chi connectivity index (χ4v) is 4.08. The van der Waals surface area contributed by atoms with Gasteiger partial charge in [0.05, 0.1) is 12.2 Å². The minimum Gasteiger partial charge on any atom is -0.421 e. The van der Waals surface area contributed by atoms with Crippen molar-refractivity contribution in [2.24, 2.45) is 7.05 Å². The van der Waals surface area contributed by atoms with Gasteiger partial charge in [-0.05, 0) is 30.2 Å². The van der Waals surface area contributed by atoms with Crippen LogP contribution in [0, 0.1) is 0 Å². The summed E-state index contributed by atoms with van der Waals surface area (Å²) in [5.74, 6) is -0.900. The third-order valence-corrected chi connectivity index (χ3v) is 6.25. The van der Waals surface area contributed by atoms with E-state index in [9.17, 15) is 27.9 Å². The number of imidazole rings is 1. The van der Waals surface area contributed by atoms with Crippen molar-refractivity contribution >= 4 is 33.8 Å². The van der Waals surface area contributed by atoms with E-state index in [-0.39, 0.29) is 49.0 Å². The number of alkyl halides is 4. The van der Waals surface area contributed by atoms with Crippen LogP contribution in [0.4, 0.5) is 13.2 Å². The largest absolute Gasteiger partial charge is 0.573 e. The number of fused-ring (bicyclic) bond motifs is 1. The van der Waals surface area contributed by atoms with Crippen molar-refractivity contribution in [3.63, 3.8) is 0 Å². The lowest BCUT2D eigenvalue weighted by atomic mass is 10.3.